The number of hydrogen-bond donors (Lipinski definition) is 0. The van der Waals surface area contributed by atoms with Crippen LogP contribution in [0.25, 0.3) is 0 Å². The van der Waals surface area contributed by atoms with Gasteiger partial charge in [0.25, 0.3) is 0 Å². The van der Waals surface area contributed by atoms with Gasteiger partial charge in [0.1, 0.15) is 31.0 Å². The highest BCUT2D eigenvalue weighted by atomic mass is 16.8. The summed E-state index contributed by atoms with van der Waals surface area (Å²) in [6.45, 7) is -0.402. The highest BCUT2D eigenvalue weighted by molar-refractivity contribution is 5.91. The van der Waals surface area contributed by atoms with Gasteiger partial charge in [-0.05, 0) is 48.5 Å². The molecule has 0 aliphatic carbocycles. The molecule has 274 valence electrons. The van der Waals surface area contributed by atoms with Gasteiger partial charge in [-0.2, -0.15) is 0 Å². The molecule has 0 saturated carbocycles. The average Bonchev–Trinajstić information content (AvgIpc) is 3.84. The Balaban J connectivity index is 1.11. The highest BCUT2D eigenvalue weighted by Gasteiger charge is 2.60. The Bertz CT molecular complexity index is 1860. The van der Waals surface area contributed by atoms with Gasteiger partial charge in [-0.1, -0.05) is 72.8 Å². The van der Waals surface area contributed by atoms with Gasteiger partial charge in [-0.3, -0.25) is 0 Å². The number of epoxide rings is 1. The summed E-state index contributed by atoms with van der Waals surface area (Å²) in [5.74, 6) is -2.68. The zero-order valence-corrected chi connectivity index (χ0v) is 28.5. The van der Waals surface area contributed by atoms with Crippen molar-refractivity contribution in [1.29, 1.82) is 0 Å². The van der Waals surface area contributed by atoms with Crippen LogP contribution < -0.4 is 0 Å². The third-order valence-corrected chi connectivity index (χ3v) is 8.90. The van der Waals surface area contributed by atoms with E-state index in [-0.39, 0.29) is 36.0 Å². The van der Waals surface area contributed by atoms with Crippen molar-refractivity contribution in [2.45, 2.75) is 55.3 Å². The van der Waals surface area contributed by atoms with E-state index in [0.29, 0.717) is 5.56 Å². The molecule has 13 heteroatoms. The van der Waals surface area contributed by atoms with Crippen molar-refractivity contribution in [3.8, 4) is 0 Å². The van der Waals surface area contributed by atoms with Crippen molar-refractivity contribution in [3.63, 3.8) is 0 Å². The van der Waals surface area contributed by atoms with Crippen LogP contribution in [-0.4, -0.2) is 99.5 Å². The van der Waals surface area contributed by atoms with Crippen molar-refractivity contribution in [3.05, 3.63) is 144 Å². The van der Waals surface area contributed by atoms with E-state index in [1.165, 1.54) is 7.11 Å². The van der Waals surface area contributed by atoms with Crippen LogP contribution in [0, 0.1) is 0 Å². The van der Waals surface area contributed by atoms with Crippen LogP contribution in [0.4, 0.5) is 0 Å². The molecule has 0 aromatic heterocycles. The molecule has 53 heavy (non-hydrogen) atoms. The summed E-state index contributed by atoms with van der Waals surface area (Å²) in [6, 6.07) is 33.3. The summed E-state index contributed by atoms with van der Waals surface area (Å²) in [6.07, 6.45) is -8.75. The monoisotopic (exact) mass is 724 g/mol. The lowest BCUT2D eigenvalue weighted by atomic mass is 10.0. The molecule has 0 spiro atoms. The van der Waals surface area contributed by atoms with Crippen molar-refractivity contribution < 1.29 is 61.8 Å². The second-order valence-corrected chi connectivity index (χ2v) is 12.4. The van der Waals surface area contributed by atoms with Gasteiger partial charge >= 0.3 is 23.9 Å². The first kappa shape index (κ1) is 35.9. The van der Waals surface area contributed by atoms with Gasteiger partial charge in [-0.15, -0.1) is 0 Å². The molecule has 0 amide bonds. The van der Waals surface area contributed by atoms with Gasteiger partial charge in [0.05, 0.1) is 28.9 Å². The smallest absolute Gasteiger partial charge is 0.338 e. The first-order chi connectivity index (χ1) is 25.9. The normalized spacial score (nSPS) is 26.1. The van der Waals surface area contributed by atoms with Crippen LogP contribution in [0.1, 0.15) is 41.4 Å². The van der Waals surface area contributed by atoms with Crippen LogP contribution >= 0.6 is 0 Å². The molecule has 1 unspecified atom stereocenters. The highest BCUT2D eigenvalue weighted by Crippen LogP contribution is 2.40. The van der Waals surface area contributed by atoms with Crippen molar-refractivity contribution in [2.24, 2.45) is 0 Å². The Labute approximate surface area is 304 Å². The molecular weight excluding hydrogens is 688 g/mol. The van der Waals surface area contributed by atoms with E-state index in [4.69, 9.17) is 42.6 Å². The first-order valence-electron chi connectivity index (χ1n) is 17.0. The fourth-order valence-electron chi connectivity index (χ4n) is 6.16. The average molecular weight is 725 g/mol. The van der Waals surface area contributed by atoms with E-state index < -0.39 is 73.1 Å². The Hall–Kier alpha value is -5.44. The maximum absolute atomic E-state index is 13.5. The number of benzene rings is 4. The molecule has 3 saturated heterocycles. The molecule has 4 aromatic carbocycles. The quantitative estimate of drug-likeness (QED) is 0.103. The lowest BCUT2D eigenvalue weighted by Gasteiger charge is -2.29. The second-order valence-electron chi connectivity index (χ2n) is 12.4. The molecule has 0 radical (unpaired) electrons. The Kier molecular flexibility index (Phi) is 11.2. The maximum atomic E-state index is 13.5. The summed E-state index contributed by atoms with van der Waals surface area (Å²) >= 11 is 0. The fraction of sp³-hybridized carbons (Fsp3) is 0.300. The van der Waals surface area contributed by atoms with Gasteiger partial charge in [0.15, 0.2) is 30.9 Å². The Morgan fingerprint density at radius 1 is 0.566 bits per heavy atom. The van der Waals surface area contributed by atoms with Crippen LogP contribution in [0.3, 0.4) is 0 Å². The second kappa shape index (κ2) is 16.5. The van der Waals surface area contributed by atoms with Gasteiger partial charge in [0, 0.05) is 7.11 Å². The van der Waals surface area contributed by atoms with E-state index in [1.54, 1.807) is 121 Å². The van der Waals surface area contributed by atoms with Crippen LogP contribution in [-0.2, 0) is 42.6 Å². The SMILES string of the molecule is CO[C@@H]1O[C@@H]([C@H](COC2O[C@H](COC(=O)c3ccccc3)[C@@H]3O[C@H]23)OC(=O)c2ccccc2)[C@H](OC(=O)c2ccccc2)[C@H]1OC(=O)c1ccccc1. The summed E-state index contributed by atoms with van der Waals surface area (Å²) in [5.41, 5.74) is 1.11. The number of carbonyl (C=O) groups excluding carboxylic acids is 4. The molecule has 13 nitrogen and oxygen atoms in total. The van der Waals surface area contributed by atoms with Gasteiger partial charge in [0.2, 0.25) is 0 Å². The van der Waals surface area contributed by atoms with E-state index in [9.17, 15) is 19.2 Å². The van der Waals surface area contributed by atoms with Crippen molar-refractivity contribution in [2.75, 3.05) is 20.3 Å². The fourth-order valence-corrected chi connectivity index (χ4v) is 6.16. The van der Waals surface area contributed by atoms with Crippen LogP contribution in [0.5, 0.6) is 0 Å². The Morgan fingerprint density at radius 3 is 1.58 bits per heavy atom. The molecule has 0 N–H and O–H groups in total. The van der Waals surface area contributed by atoms with E-state index in [0.717, 1.165) is 0 Å². The molecule has 3 fully saturated rings. The predicted molar refractivity (Wildman–Crippen MR) is 183 cm³/mol. The van der Waals surface area contributed by atoms with Crippen LogP contribution in [0.2, 0.25) is 0 Å². The van der Waals surface area contributed by atoms with Gasteiger partial charge < -0.3 is 42.6 Å². The van der Waals surface area contributed by atoms with Crippen molar-refractivity contribution in [1.82, 2.24) is 0 Å². The standard InChI is InChI=1S/C40H36O13/c1-45-39-34(52-38(44)27-20-12-5-13-21-27)32(51-37(43)26-18-10-4-11-19-26)30(53-39)28(48-36(42)25-16-8-3-9-17-25)23-47-40-33-31(50-33)29(49-40)22-46-35(41)24-14-6-2-7-15-24/h2-21,28-34,39-40H,22-23H2,1H3/t28-,29+,30-,31-,32-,33-,34+,39+,40?/m0/s1. The third kappa shape index (κ3) is 8.46. The minimum atomic E-state index is -1.34. The zero-order valence-electron chi connectivity index (χ0n) is 28.5. The number of methoxy groups -OCH3 is 1. The number of ether oxygens (including phenoxy) is 9. The predicted octanol–water partition coefficient (Wildman–Crippen LogP) is 4.40. The van der Waals surface area contributed by atoms with Gasteiger partial charge in [-0.25, -0.2) is 19.2 Å². The number of hydrogen-bond acceptors (Lipinski definition) is 13. The van der Waals surface area contributed by atoms with E-state index in [1.807, 2.05) is 0 Å². The molecular formula is C40H36O13. The molecule has 9 atom stereocenters. The largest absolute Gasteiger partial charge is 0.459 e. The Morgan fingerprint density at radius 2 is 1.06 bits per heavy atom. The topological polar surface area (TPSA) is 155 Å². The summed E-state index contributed by atoms with van der Waals surface area (Å²) < 4.78 is 53.1. The minimum Gasteiger partial charge on any atom is -0.459 e. The molecule has 3 aliphatic heterocycles. The summed E-state index contributed by atoms with van der Waals surface area (Å²) in [5, 5.41) is 0. The van der Waals surface area contributed by atoms with E-state index in [2.05, 4.69) is 0 Å². The third-order valence-electron chi connectivity index (χ3n) is 8.90. The summed E-state index contributed by atoms with van der Waals surface area (Å²) in [7, 11) is 1.34. The zero-order chi connectivity index (χ0) is 36.7. The molecule has 3 aliphatic rings. The van der Waals surface area contributed by atoms with E-state index >= 15 is 0 Å². The lowest BCUT2D eigenvalue weighted by molar-refractivity contribution is -0.208. The van der Waals surface area contributed by atoms with Crippen molar-refractivity contribution >= 4 is 23.9 Å². The lowest BCUT2D eigenvalue weighted by Crippen LogP contribution is -2.47. The van der Waals surface area contributed by atoms with Crippen LogP contribution in [0.15, 0.2) is 121 Å². The molecule has 7 rings (SSSR count). The molecule has 3 heterocycles. The maximum Gasteiger partial charge on any atom is 0.338 e. The first-order valence-corrected chi connectivity index (χ1v) is 17.0. The molecule has 4 aromatic rings. The minimum absolute atomic E-state index is 0.0750. The summed E-state index contributed by atoms with van der Waals surface area (Å²) in [4.78, 5) is 52.8. The number of esters is 4. The number of carbonyl (C=O) groups is 4. The molecule has 0 bridgehead atoms. The number of rotatable bonds is 14. The number of fused-ring (bicyclic) bond motifs is 1.